The molecule has 1 aromatic carbocycles. The lowest BCUT2D eigenvalue weighted by molar-refractivity contribution is 0.195. The number of nitrogens with zero attached hydrogens (tertiary/aromatic N) is 4. The van der Waals surface area contributed by atoms with Crippen LogP contribution in [0.5, 0.6) is 0 Å². The molecule has 0 bridgehead atoms. The van der Waals surface area contributed by atoms with Gasteiger partial charge in [0.1, 0.15) is 0 Å². The maximum Gasteiger partial charge on any atom is 0.318 e. The summed E-state index contributed by atoms with van der Waals surface area (Å²) in [5, 5.41) is 6.85. The van der Waals surface area contributed by atoms with Crippen molar-refractivity contribution in [1.29, 1.82) is 0 Å². The number of carbonyl (C=O) groups is 1. The van der Waals surface area contributed by atoms with E-state index < -0.39 is 0 Å². The van der Waals surface area contributed by atoms with Crippen LogP contribution in [0.25, 0.3) is 0 Å². The molecule has 2 amide bonds. The Morgan fingerprint density at radius 3 is 3.00 bits per heavy atom. The zero-order valence-corrected chi connectivity index (χ0v) is 13.7. The van der Waals surface area contributed by atoms with Crippen molar-refractivity contribution >= 4 is 11.7 Å². The molecule has 2 aliphatic rings. The number of aromatic nitrogens is 2. The van der Waals surface area contributed by atoms with E-state index in [1.807, 2.05) is 17.0 Å². The maximum absolute atomic E-state index is 12.5. The molecule has 0 saturated heterocycles. The second-order valence-electron chi connectivity index (χ2n) is 6.45. The van der Waals surface area contributed by atoms with E-state index >= 15 is 0 Å². The molecule has 1 N–H and O–H groups in total. The smallest absolute Gasteiger partial charge is 0.318 e. The second kappa shape index (κ2) is 6.14. The molecule has 7 heteroatoms. The first-order chi connectivity index (χ1) is 11.7. The minimum Gasteiger partial charge on any atom is -0.373 e. The molecular formula is C17H21N5O2. The van der Waals surface area contributed by atoms with E-state index in [0.29, 0.717) is 24.9 Å². The van der Waals surface area contributed by atoms with Gasteiger partial charge < -0.3 is 19.6 Å². The lowest BCUT2D eigenvalue weighted by Gasteiger charge is -2.21. The number of anilines is 1. The molecule has 1 aliphatic heterocycles. The van der Waals surface area contributed by atoms with Crippen LogP contribution in [0.3, 0.4) is 0 Å². The fourth-order valence-corrected chi connectivity index (χ4v) is 2.98. The summed E-state index contributed by atoms with van der Waals surface area (Å²) in [7, 11) is 2.05. The number of rotatable bonds is 3. The highest BCUT2D eigenvalue weighted by Crippen LogP contribution is 2.38. The highest BCUT2D eigenvalue weighted by Gasteiger charge is 2.29. The van der Waals surface area contributed by atoms with Gasteiger partial charge in [0.05, 0.1) is 6.54 Å². The first-order valence-electron chi connectivity index (χ1n) is 8.35. The number of likely N-dealkylation sites (N-methyl/N-ethyl adjacent to an activating group) is 1. The zero-order chi connectivity index (χ0) is 16.5. The molecule has 2 heterocycles. The molecule has 1 aliphatic carbocycles. The predicted molar refractivity (Wildman–Crippen MR) is 88.6 cm³/mol. The van der Waals surface area contributed by atoms with Crippen molar-refractivity contribution in [2.75, 3.05) is 25.0 Å². The minimum atomic E-state index is -0.105. The molecule has 1 fully saturated rings. The Morgan fingerprint density at radius 1 is 1.33 bits per heavy atom. The number of carbonyl (C=O) groups excluding carboxylic acids is 1. The van der Waals surface area contributed by atoms with E-state index in [-0.39, 0.29) is 12.6 Å². The highest BCUT2D eigenvalue weighted by atomic mass is 16.5. The summed E-state index contributed by atoms with van der Waals surface area (Å²) in [6.45, 7) is 2.35. The summed E-state index contributed by atoms with van der Waals surface area (Å²) in [5.41, 5.74) is 2.33. The maximum atomic E-state index is 12.5. The Balaban J connectivity index is 1.39. The molecule has 24 heavy (non-hydrogen) atoms. The largest absolute Gasteiger partial charge is 0.373 e. The van der Waals surface area contributed by atoms with Crippen molar-refractivity contribution in [2.24, 2.45) is 0 Å². The minimum absolute atomic E-state index is 0.105. The average Bonchev–Trinajstić information content (AvgIpc) is 3.37. The molecule has 2 aromatic rings. The van der Waals surface area contributed by atoms with Crippen molar-refractivity contribution in [1.82, 2.24) is 20.4 Å². The van der Waals surface area contributed by atoms with Crippen LogP contribution in [0.15, 0.2) is 28.8 Å². The van der Waals surface area contributed by atoms with Crippen molar-refractivity contribution < 1.29 is 9.32 Å². The summed E-state index contributed by atoms with van der Waals surface area (Å²) in [5.74, 6) is 1.69. The lowest BCUT2D eigenvalue weighted by Crippen LogP contribution is -2.41. The second-order valence-corrected chi connectivity index (χ2v) is 6.45. The summed E-state index contributed by atoms with van der Waals surface area (Å²) in [6.07, 6.45) is 2.26. The summed E-state index contributed by atoms with van der Waals surface area (Å²) >= 11 is 0. The molecule has 126 valence electrons. The number of para-hydroxylation sites is 1. The number of benzene rings is 1. The van der Waals surface area contributed by atoms with Crippen LogP contribution in [0, 0.1) is 0 Å². The van der Waals surface area contributed by atoms with Gasteiger partial charge in [-0.25, -0.2) is 4.79 Å². The van der Waals surface area contributed by atoms with Crippen molar-refractivity contribution in [3.8, 4) is 0 Å². The Kier molecular flexibility index (Phi) is 3.84. The van der Waals surface area contributed by atoms with Crippen molar-refractivity contribution in [2.45, 2.75) is 31.8 Å². The summed E-state index contributed by atoms with van der Waals surface area (Å²) in [6, 6.07) is 8.09. The summed E-state index contributed by atoms with van der Waals surface area (Å²) in [4.78, 5) is 20.8. The van der Waals surface area contributed by atoms with E-state index in [9.17, 15) is 4.79 Å². The third kappa shape index (κ3) is 3.06. The number of fused-ring (bicyclic) bond motifs is 1. The Labute approximate surface area is 140 Å². The fourth-order valence-electron chi connectivity index (χ4n) is 2.98. The van der Waals surface area contributed by atoms with Gasteiger partial charge in [0.15, 0.2) is 5.82 Å². The van der Waals surface area contributed by atoms with Gasteiger partial charge in [0.25, 0.3) is 0 Å². The number of hydrogen-bond donors (Lipinski definition) is 1. The quantitative estimate of drug-likeness (QED) is 0.934. The third-order valence-corrected chi connectivity index (χ3v) is 4.57. The predicted octanol–water partition coefficient (Wildman–Crippen LogP) is 2.11. The first-order valence-corrected chi connectivity index (χ1v) is 8.35. The SMILES string of the molecule is CN1CCN(C(=O)NCc2nc(C3CC3)no2)Cc2ccccc21. The standard InChI is InChI=1S/C17H21N5O2/c1-21-8-9-22(11-13-4-2-3-5-14(13)21)17(23)18-10-15-19-16(20-24-15)12-6-7-12/h2-5,12H,6-11H2,1H3,(H,18,23). The Hall–Kier alpha value is -2.57. The zero-order valence-electron chi connectivity index (χ0n) is 13.7. The van der Waals surface area contributed by atoms with Gasteiger partial charge >= 0.3 is 6.03 Å². The van der Waals surface area contributed by atoms with Crippen LogP contribution in [-0.2, 0) is 13.1 Å². The van der Waals surface area contributed by atoms with Crippen LogP contribution in [0.4, 0.5) is 10.5 Å². The topological polar surface area (TPSA) is 74.5 Å². The lowest BCUT2D eigenvalue weighted by atomic mass is 10.1. The van der Waals surface area contributed by atoms with Gasteiger partial charge in [-0.3, -0.25) is 0 Å². The Morgan fingerprint density at radius 2 is 2.17 bits per heavy atom. The number of urea groups is 1. The van der Waals surface area contributed by atoms with Crippen LogP contribution < -0.4 is 10.2 Å². The van der Waals surface area contributed by atoms with E-state index in [0.717, 1.165) is 30.8 Å². The van der Waals surface area contributed by atoms with Crippen molar-refractivity contribution in [3.63, 3.8) is 0 Å². The third-order valence-electron chi connectivity index (χ3n) is 4.57. The number of nitrogens with one attached hydrogen (secondary N) is 1. The van der Waals surface area contributed by atoms with Crippen LogP contribution >= 0.6 is 0 Å². The normalized spacial score (nSPS) is 17.4. The fraction of sp³-hybridized carbons (Fsp3) is 0.471. The first kappa shape index (κ1) is 15.0. The van der Waals surface area contributed by atoms with Gasteiger partial charge in [-0.15, -0.1) is 0 Å². The van der Waals surface area contributed by atoms with Crippen molar-refractivity contribution in [3.05, 3.63) is 41.5 Å². The van der Waals surface area contributed by atoms with Gasteiger partial charge in [-0.2, -0.15) is 4.98 Å². The molecule has 0 atom stereocenters. The number of amides is 2. The van der Waals surface area contributed by atoms with E-state index in [1.54, 1.807) is 0 Å². The van der Waals surface area contributed by atoms with Gasteiger partial charge in [-0.05, 0) is 24.5 Å². The Bertz CT molecular complexity index is 740. The molecule has 4 rings (SSSR count). The monoisotopic (exact) mass is 327 g/mol. The van der Waals surface area contributed by atoms with Crippen LogP contribution in [0.1, 0.15) is 36.0 Å². The molecule has 0 spiro atoms. The highest BCUT2D eigenvalue weighted by molar-refractivity contribution is 5.74. The van der Waals surface area contributed by atoms with Crippen LogP contribution in [-0.4, -0.2) is 41.2 Å². The van der Waals surface area contributed by atoms with Gasteiger partial charge in [0.2, 0.25) is 5.89 Å². The van der Waals surface area contributed by atoms with E-state index in [1.165, 1.54) is 5.69 Å². The van der Waals surface area contributed by atoms with E-state index in [4.69, 9.17) is 4.52 Å². The molecule has 1 saturated carbocycles. The molecule has 0 unspecified atom stereocenters. The van der Waals surface area contributed by atoms with Crippen LogP contribution in [0.2, 0.25) is 0 Å². The molecule has 0 radical (unpaired) electrons. The summed E-state index contributed by atoms with van der Waals surface area (Å²) < 4.78 is 5.20. The average molecular weight is 327 g/mol. The molecule has 1 aromatic heterocycles. The number of hydrogen-bond acceptors (Lipinski definition) is 5. The van der Waals surface area contributed by atoms with Gasteiger partial charge in [-0.1, -0.05) is 23.4 Å². The molecule has 7 nitrogen and oxygen atoms in total. The van der Waals surface area contributed by atoms with Gasteiger partial charge in [0, 0.05) is 38.3 Å². The molecular weight excluding hydrogens is 306 g/mol. The van der Waals surface area contributed by atoms with E-state index in [2.05, 4.69) is 39.5 Å².